The summed E-state index contributed by atoms with van der Waals surface area (Å²) in [4.78, 5) is 53.2. The topological polar surface area (TPSA) is 187 Å². The monoisotopic (exact) mass is 685 g/mol. The van der Waals surface area contributed by atoms with Crippen LogP contribution in [0.5, 0.6) is 5.75 Å². The third kappa shape index (κ3) is 8.55. The zero-order chi connectivity index (χ0) is 35.1. The summed E-state index contributed by atoms with van der Waals surface area (Å²) in [5.41, 5.74) is 7.68. The van der Waals surface area contributed by atoms with Gasteiger partial charge in [0.25, 0.3) is 5.56 Å². The molecule has 0 saturated heterocycles. The summed E-state index contributed by atoms with van der Waals surface area (Å²) in [6.07, 6.45) is 3.26. The number of amides is 1. The van der Waals surface area contributed by atoms with Crippen LogP contribution in [0.1, 0.15) is 35.2 Å². The number of aromatic nitrogens is 6. The molecular weight excluding hydrogens is 649 g/mol. The van der Waals surface area contributed by atoms with Crippen LogP contribution in [0.2, 0.25) is 5.15 Å². The number of aromatic amines is 1. The molecule has 256 valence electrons. The number of carbonyl (C=O) groups is 1. The summed E-state index contributed by atoms with van der Waals surface area (Å²) in [5.74, 6) is 5.48. The van der Waals surface area contributed by atoms with Gasteiger partial charge in [-0.1, -0.05) is 23.4 Å². The van der Waals surface area contributed by atoms with Crippen molar-refractivity contribution in [2.45, 2.75) is 46.2 Å². The van der Waals surface area contributed by atoms with E-state index in [1.165, 1.54) is 9.80 Å². The molecule has 0 bridgehead atoms. The molecule has 0 aromatic carbocycles. The maximum Gasteiger partial charge on any atom is 0.328 e. The average Bonchev–Trinajstić information content (AvgIpc) is 3.38. The number of nitrogens with zero attached hydrogens (tertiary/aromatic N) is 7. The molecule has 4 N–H and O–H groups in total. The highest BCUT2D eigenvalue weighted by Crippen LogP contribution is 2.29. The summed E-state index contributed by atoms with van der Waals surface area (Å²) in [5, 5.41) is 11.1. The number of rotatable bonds is 13. The average molecular weight is 686 g/mol. The maximum absolute atomic E-state index is 13.5. The molecule has 1 amide bonds. The van der Waals surface area contributed by atoms with Gasteiger partial charge < -0.3 is 29.8 Å². The molecule has 0 aliphatic rings. The van der Waals surface area contributed by atoms with Crippen LogP contribution >= 0.6 is 11.6 Å². The van der Waals surface area contributed by atoms with Gasteiger partial charge in [0.1, 0.15) is 16.5 Å². The van der Waals surface area contributed by atoms with Gasteiger partial charge in [-0.3, -0.25) is 29.0 Å². The van der Waals surface area contributed by atoms with Crippen LogP contribution in [0.15, 0.2) is 28.2 Å². The number of pyridine rings is 1. The SMILES string of the molecule is COc1c(C)cnc(Cn2cc(C#CCCOC(O)N(C)CCN(C)C(=O)CCn3cc(F)c(=O)[nH]c3=O)c3c(Cl)nc(N)nc32)c1C. The lowest BCUT2D eigenvalue weighted by Crippen LogP contribution is -2.41. The summed E-state index contributed by atoms with van der Waals surface area (Å²) < 4.78 is 27.3. The van der Waals surface area contributed by atoms with Gasteiger partial charge >= 0.3 is 5.69 Å². The number of aliphatic hydroxyl groups is 1. The van der Waals surface area contributed by atoms with Gasteiger partial charge in [-0.05, 0) is 20.9 Å². The molecule has 0 radical (unpaired) electrons. The number of hydrogen-bond donors (Lipinski definition) is 3. The van der Waals surface area contributed by atoms with E-state index in [1.54, 1.807) is 27.4 Å². The molecule has 0 aliphatic carbocycles. The smallest absolute Gasteiger partial charge is 0.328 e. The van der Waals surface area contributed by atoms with Crippen molar-refractivity contribution in [2.75, 3.05) is 46.6 Å². The number of carbonyl (C=O) groups excluding carboxylic acids is 1. The van der Waals surface area contributed by atoms with E-state index < -0.39 is 23.5 Å². The fourth-order valence-electron chi connectivity index (χ4n) is 4.87. The van der Waals surface area contributed by atoms with E-state index in [4.69, 9.17) is 26.8 Å². The van der Waals surface area contributed by atoms with Crippen molar-refractivity contribution in [3.05, 3.63) is 72.8 Å². The Morgan fingerprint density at radius 3 is 2.69 bits per heavy atom. The molecule has 1 unspecified atom stereocenters. The predicted molar refractivity (Wildman–Crippen MR) is 176 cm³/mol. The van der Waals surface area contributed by atoms with E-state index in [2.05, 4.69) is 26.8 Å². The van der Waals surface area contributed by atoms with Crippen LogP contribution < -0.4 is 21.7 Å². The van der Waals surface area contributed by atoms with Crippen LogP contribution in [0, 0.1) is 31.5 Å². The second-order valence-electron chi connectivity index (χ2n) is 11.0. The van der Waals surface area contributed by atoms with Gasteiger partial charge in [-0.15, -0.1) is 0 Å². The molecular formula is C31H37ClFN9O6. The van der Waals surface area contributed by atoms with E-state index >= 15 is 0 Å². The first-order valence-corrected chi connectivity index (χ1v) is 15.2. The minimum Gasteiger partial charge on any atom is -0.496 e. The molecule has 48 heavy (non-hydrogen) atoms. The summed E-state index contributed by atoms with van der Waals surface area (Å²) in [6, 6.07) is 0. The Morgan fingerprint density at radius 2 is 1.96 bits per heavy atom. The van der Waals surface area contributed by atoms with Gasteiger partial charge in [0.05, 0.1) is 43.1 Å². The van der Waals surface area contributed by atoms with E-state index in [0.29, 0.717) is 23.1 Å². The lowest BCUT2D eigenvalue weighted by molar-refractivity contribution is -0.184. The fourth-order valence-corrected chi connectivity index (χ4v) is 5.14. The van der Waals surface area contributed by atoms with Gasteiger partial charge in [0.15, 0.2) is 0 Å². The molecule has 1 atom stereocenters. The molecule has 4 aromatic heterocycles. The lowest BCUT2D eigenvalue weighted by Gasteiger charge is -2.26. The Balaban J connectivity index is 1.31. The van der Waals surface area contributed by atoms with Crippen molar-refractivity contribution in [3.63, 3.8) is 0 Å². The van der Waals surface area contributed by atoms with Gasteiger partial charge in [-0.25, -0.2) is 9.78 Å². The highest BCUT2D eigenvalue weighted by molar-refractivity contribution is 6.34. The largest absolute Gasteiger partial charge is 0.496 e. The molecule has 4 rings (SSSR count). The number of aliphatic hydroxyl groups excluding tert-OH is 1. The Labute approximate surface area is 280 Å². The number of aryl methyl sites for hydroxylation is 2. The van der Waals surface area contributed by atoms with Crippen LogP contribution in [0.3, 0.4) is 0 Å². The van der Waals surface area contributed by atoms with E-state index in [0.717, 1.165) is 33.3 Å². The van der Waals surface area contributed by atoms with Gasteiger partial charge in [0.2, 0.25) is 24.1 Å². The molecule has 15 nitrogen and oxygen atoms in total. The zero-order valence-electron chi connectivity index (χ0n) is 27.2. The molecule has 0 spiro atoms. The van der Waals surface area contributed by atoms with E-state index in [-0.39, 0.29) is 56.1 Å². The van der Waals surface area contributed by atoms with Crippen LogP contribution in [0.25, 0.3) is 11.0 Å². The van der Waals surface area contributed by atoms with Crippen molar-refractivity contribution in [2.24, 2.45) is 0 Å². The normalized spacial score (nSPS) is 11.9. The number of hydrogen-bond acceptors (Lipinski definition) is 11. The summed E-state index contributed by atoms with van der Waals surface area (Å²) >= 11 is 6.46. The number of ether oxygens (including phenoxy) is 2. The van der Waals surface area contributed by atoms with Crippen LogP contribution in [-0.2, 0) is 22.6 Å². The van der Waals surface area contributed by atoms with Gasteiger partial charge in [-0.2, -0.15) is 9.37 Å². The Bertz CT molecular complexity index is 1980. The Morgan fingerprint density at radius 1 is 1.21 bits per heavy atom. The van der Waals surface area contributed by atoms with Crippen molar-refractivity contribution in [3.8, 4) is 17.6 Å². The number of likely N-dealkylation sites (N-methyl/N-ethyl adjacent to an activating group) is 2. The first-order valence-electron chi connectivity index (χ1n) is 14.8. The minimum absolute atomic E-state index is 0.0268. The molecule has 0 saturated carbocycles. The van der Waals surface area contributed by atoms with Crippen LogP contribution in [-0.4, -0.2) is 97.2 Å². The number of methoxy groups -OCH3 is 1. The summed E-state index contributed by atoms with van der Waals surface area (Å²) in [6.45, 7) is 4.75. The van der Waals surface area contributed by atoms with Crippen molar-refractivity contribution in [1.29, 1.82) is 0 Å². The quantitative estimate of drug-likeness (QED) is 0.0796. The number of H-pyrrole nitrogens is 1. The predicted octanol–water partition coefficient (Wildman–Crippen LogP) is 1.24. The first-order chi connectivity index (χ1) is 22.8. The van der Waals surface area contributed by atoms with Crippen molar-refractivity contribution >= 4 is 34.5 Å². The first kappa shape index (κ1) is 36.0. The molecule has 17 heteroatoms. The Kier molecular flexibility index (Phi) is 11.9. The summed E-state index contributed by atoms with van der Waals surface area (Å²) in [7, 11) is 4.81. The van der Waals surface area contributed by atoms with Crippen molar-refractivity contribution in [1.82, 2.24) is 38.9 Å². The molecule has 0 aliphatic heterocycles. The minimum atomic E-state index is -1.26. The fraction of sp³-hybridized carbons (Fsp3) is 0.419. The number of nitrogen functional groups attached to an aromatic ring is 1. The van der Waals surface area contributed by atoms with Crippen molar-refractivity contribution < 1.29 is 23.8 Å². The van der Waals surface area contributed by atoms with E-state index in [9.17, 15) is 23.9 Å². The number of nitrogens with one attached hydrogen (secondary N) is 1. The number of fused-ring (bicyclic) bond motifs is 1. The number of halogens is 2. The molecule has 0 fully saturated rings. The lowest BCUT2D eigenvalue weighted by atomic mass is 10.1. The van der Waals surface area contributed by atoms with Gasteiger partial charge in [0, 0.05) is 63.0 Å². The highest BCUT2D eigenvalue weighted by Gasteiger charge is 2.18. The van der Waals surface area contributed by atoms with Crippen LogP contribution in [0.4, 0.5) is 10.3 Å². The standard InChI is InChI=1S/C31H37ClFN9O6/c1-18-14-35-22(19(2)25(18)47-5)17-42-15-20(24-26(32)36-29(34)37-27(24)42)8-6-7-13-48-31(46)40(4)12-11-39(3)23(43)9-10-41-16-21(33)28(44)38-30(41)45/h14-16,31,46H,7,9-13,17H2,1-5H3,(H2,34,36,37)(H,38,44,45). The molecule has 4 heterocycles. The number of anilines is 1. The molecule has 4 aromatic rings. The third-order valence-corrected chi connectivity index (χ3v) is 7.87. The second kappa shape index (κ2) is 15.8. The number of nitrogens with two attached hydrogens (primary N) is 1. The highest BCUT2D eigenvalue weighted by atomic mass is 35.5. The van der Waals surface area contributed by atoms with E-state index in [1.807, 2.05) is 29.6 Å². The maximum atomic E-state index is 13.5. The third-order valence-electron chi connectivity index (χ3n) is 7.60. The zero-order valence-corrected chi connectivity index (χ0v) is 28.0. The second-order valence-corrected chi connectivity index (χ2v) is 11.4. The Hall–Kier alpha value is -4.82.